The zero-order chi connectivity index (χ0) is 25.2. The summed E-state index contributed by atoms with van der Waals surface area (Å²) < 4.78 is 16.4. The summed E-state index contributed by atoms with van der Waals surface area (Å²) in [5.41, 5.74) is 1.28. The third-order valence-electron chi connectivity index (χ3n) is 6.51. The average molecular weight is 479 g/mol. The molecule has 1 aliphatic rings. The molecule has 3 aromatic carbocycles. The molecule has 4 rings (SSSR count). The number of amides is 2. The van der Waals surface area contributed by atoms with Gasteiger partial charge in [0, 0.05) is 20.0 Å². The van der Waals surface area contributed by atoms with E-state index in [1.807, 2.05) is 42.5 Å². The van der Waals surface area contributed by atoms with Crippen molar-refractivity contribution < 1.29 is 28.9 Å². The molecule has 0 spiro atoms. The Kier molecular flexibility index (Phi) is 6.84. The maximum Gasteiger partial charge on any atom is 0.253 e. The van der Waals surface area contributed by atoms with E-state index in [1.54, 1.807) is 26.2 Å². The van der Waals surface area contributed by atoms with Crippen molar-refractivity contribution in [1.82, 2.24) is 10.2 Å². The van der Waals surface area contributed by atoms with Gasteiger partial charge in [0.15, 0.2) is 17.1 Å². The van der Waals surface area contributed by atoms with Gasteiger partial charge in [0.05, 0.1) is 34.3 Å². The number of methoxy groups -OCH3 is 3. The van der Waals surface area contributed by atoms with Crippen LogP contribution in [-0.2, 0) is 16.0 Å². The third kappa shape index (κ3) is 4.74. The van der Waals surface area contributed by atoms with Crippen LogP contribution in [0.3, 0.4) is 0 Å². The van der Waals surface area contributed by atoms with Gasteiger partial charge in [-0.05, 0) is 45.7 Å². The summed E-state index contributed by atoms with van der Waals surface area (Å²) in [6, 6.07) is 15.8. The Morgan fingerprint density at radius 1 is 0.943 bits per heavy atom. The summed E-state index contributed by atoms with van der Waals surface area (Å²) in [5, 5.41) is 15.0. The Morgan fingerprint density at radius 3 is 2.23 bits per heavy atom. The van der Waals surface area contributed by atoms with Gasteiger partial charge in [0.1, 0.15) is 0 Å². The van der Waals surface area contributed by atoms with E-state index in [-0.39, 0.29) is 25.3 Å². The second-order valence-corrected chi connectivity index (χ2v) is 8.66. The van der Waals surface area contributed by atoms with Crippen molar-refractivity contribution in [3.63, 3.8) is 0 Å². The fourth-order valence-electron chi connectivity index (χ4n) is 4.54. The molecule has 0 radical (unpaired) electrons. The van der Waals surface area contributed by atoms with Crippen molar-refractivity contribution in [2.24, 2.45) is 0 Å². The normalized spacial score (nSPS) is 17.3. The molecule has 1 unspecified atom stereocenters. The SMILES string of the molecule is CNC(=O)C1(O)CCN(C(=O)Cc2ccc3cc(-c4cc(OC)c(OC)c(OC)c4)ccc3c2)C1. The van der Waals surface area contributed by atoms with Crippen LogP contribution in [0.5, 0.6) is 17.2 Å². The Labute approximate surface area is 204 Å². The number of nitrogens with zero attached hydrogens (tertiary/aromatic N) is 1. The predicted molar refractivity (Wildman–Crippen MR) is 133 cm³/mol. The van der Waals surface area contributed by atoms with Crippen molar-refractivity contribution in [3.05, 3.63) is 54.1 Å². The number of fused-ring (bicyclic) bond motifs is 1. The molecule has 1 heterocycles. The van der Waals surface area contributed by atoms with Crippen molar-refractivity contribution in [2.45, 2.75) is 18.4 Å². The van der Waals surface area contributed by atoms with Crippen LogP contribution in [-0.4, -0.2) is 68.9 Å². The summed E-state index contributed by atoms with van der Waals surface area (Å²) in [4.78, 5) is 26.3. The number of rotatable bonds is 7. The van der Waals surface area contributed by atoms with E-state index in [0.29, 0.717) is 23.8 Å². The van der Waals surface area contributed by atoms with E-state index in [4.69, 9.17) is 14.2 Å². The molecule has 184 valence electrons. The van der Waals surface area contributed by atoms with Crippen LogP contribution in [0.25, 0.3) is 21.9 Å². The lowest BCUT2D eigenvalue weighted by Gasteiger charge is -2.21. The van der Waals surface area contributed by atoms with Gasteiger partial charge in [0.2, 0.25) is 11.7 Å². The molecule has 0 saturated carbocycles. The Balaban J connectivity index is 1.54. The first-order valence-electron chi connectivity index (χ1n) is 11.4. The number of hydrogen-bond acceptors (Lipinski definition) is 6. The molecule has 0 aromatic heterocycles. The summed E-state index contributed by atoms with van der Waals surface area (Å²) in [6.45, 7) is 0.367. The van der Waals surface area contributed by atoms with E-state index in [0.717, 1.165) is 27.5 Å². The van der Waals surface area contributed by atoms with Gasteiger partial charge in [0.25, 0.3) is 5.91 Å². The summed E-state index contributed by atoms with van der Waals surface area (Å²) in [6.07, 6.45) is 0.439. The van der Waals surface area contributed by atoms with Gasteiger partial charge in [-0.2, -0.15) is 0 Å². The van der Waals surface area contributed by atoms with Gasteiger partial charge in [-0.15, -0.1) is 0 Å². The minimum Gasteiger partial charge on any atom is -0.493 e. The molecule has 1 aliphatic heterocycles. The van der Waals surface area contributed by atoms with E-state index in [2.05, 4.69) is 11.4 Å². The second-order valence-electron chi connectivity index (χ2n) is 8.66. The highest BCUT2D eigenvalue weighted by Gasteiger charge is 2.43. The topological polar surface area (TPSA) is 97.3 Å². The Hall–Kier alpha value is -3.78. The molecule has 0 bridgehead atoms. The number of aliphatic hydroxyl groups is 1. The number of nitrogens with one attached hydrogen (secondary N) is 1. The van der Waals surface area contributed by atoms with E-state index < -0.39 is 11.5 Å². The fourth-order valence-corrected chi connectivity index (χ4v) is 4.54. The van der Waals surface area contributed by atoms with E-state index >= 15 is 0 Å². The summed E-state index contributed by atoms with van der Waals surface area (Å²) in [7, 11) is 6.23. The lowest BCUT2D eigenvalue weighted by molar-refractivity contribution is -0.139. The van der Waals surface area contributed by atoms with Crippen LogP contribution in [0, 0.1) is 0 Å². The number of carbonyl (C=O) groups excluding carboxylic acids is 2. The molecule has 3 aromatic rings. The minimum absolute atomic E-state index is 0.0111. The number of carbonyl (C=O) groups is 2. The smallest absolute Gasteiger partial charge is 0.253 e. The maximum absolute atomic E-state index is 12.8. The second kappa shape index (κ2) is 9.84. The quantitative estimate of drug-likeness (QED) is 0.542. The van der Waals surface area contributed by atoms with Crippen LogP contribution >= 0.6 is 0 Å². The zero-order valence-corrected chi connectivity index (χ0v) is 20.4. The molecule has 8 nitrogen and oxygen atoms in total. The molecule has 0 aliphatic carbocycles. The lowest BCUT2D eigenvalue weighted by Crippen LogP contribution is -2.48. The van der Waals surface area contributed by atoms with Gasteiger partial charge in [-0.25, -0.2) is 0 Å². The number of likely N-dealkylation sites (N-methyl/N-ethyl adjacent to an activating group) is 1. The van der Waals surface area contributed by atoms with Gasteiger partial charge >= 0.3 is 0 Å². The fraction of sp³-hybridized carbons (Fsp3) is 0.333. The monoisotopic (exact) mass is 478 g/mol. The molecule has 35 heavy (non-hydrogen) atoms. The minimum atomic E-state index is -1.52. The number of ether oxygens (including phenoxy) is 3. The number of hydrogen-bond donors (Lipinski definition) is 2. The van der Waals surface area contributed by atoms with Crippen LogP contribution in [0.1, 0.15) is 12.0 Å². The highest BCUT2D eigenvalue weighted by Crippen LogP contribution is 2.41. The third-order valence-corrected chi connectivity index (χ3v) is 6.51. The van der Waals surface area contributed by atoms with Crippen LogP contribution in [0.15, 0.2) is 48.5 Å². The van der Waals surface area contributed by atoms with Crippen molar-refractivity contribution in [1.29, 1.82) is 0 Å². The lowest BCUT2D eigenvalue weighted by atomic mass is 9.98. The zero-order valence-electron chi connectivity index (χ0n) is 20.4. The maximum atomic E-state index is 12.8. The standard InChI is InChI=1S/C27H30N2O6/c1-28-26(31)27(32)9-10-29(16-27)24(30)12-17-5-6-19-13-20(8-7-18(19)11-17)21-14-22(33-2)25(35-4)23(15-21)34-3/h5-8,11,13-15,32H,9-10,12,16H2,1-4H3,(H,28,31). The molecular weight excluding hydrogens is 448 g/mol. The van der Waals surface area contributed by atoms with E-state index in [1.165, 1.54) is 7.05 Å². The Morgan fingerprint density at radius 2 is 1.60 bits per heavy atom. The predicted octanol–water partition coefficient (Wildman–Crippen LogP) is 2.78. The van der Waals surface area contributed by atoms with Crippen molar-refractivity contribution in [3.8, 4) is 28.4 Å². The number of likely N-dealkylation sites (tertiary alicyclic amines) is 1. The Bertz CT molecular complexity index is 1250. The van der Waals surface area contributed by atoms with Gasteiger partial charge in [-0.1, -0.05) is 30.3 Å². The van der Waals surface area contributed by atoms with E-state index in [9.17, 15) is 14.7 Å². The van der Waals surface area contributed by atoms with Crippen molar-refractivity contribution >= 4 is 22.6 Å². The molecule has 2 amide bonds. The number of benzene rings is 3. The molecule has 1 fully saturated rings. The molecule has 8 heteroatoms. The average Bonchev–Trinajstić information content (AvgIpc) is 3.30. The first-order chi connectivity index (χ1) is 16.8. The largest absolute Gasteiger partial charge is 0.493 e. The van der Waals surface area contributed by atoms with Crippen LogP contribution in [0.2, 0.25) is 0 Å². The molecule has 2 N–H and O–H groups in total. The summed E-state index contributed by atoms with van der Waals surface area (Å²) >= 11 is 0. The van der Waals surface area contributed by atoms with Gasteiger partial charge in [-0.3, -0.25) is 9.59 Å². The molecule has 1 saturated heterocycles. The molecular formula is C27H30N2O6. The first-order valence-corrected chi connectivity index (χ1v) is 11.4. The summed E-state index contributed by atoms with van der Waals surface area (Å²) in [5.74, 6) is 1.14. The van der Waals surface area contributed by atoms with Gasteiger partial charge < -0.3 is 29.5 Å². The highest BCUT2D eigenvalue weighted by molar-refractivity contribution is 5.90. The van der Waals surface area contributed by atoms with Crippen LogP contribution < -0.4 is 19.5 Å². The van der Waals surface area contributed by atoms with Crippen molar-refractivity contribution in [2.75, 3.05) is 41.5 Å². The van der Waals surface area contributed by atoms with Crippen LogP contribution in [0.4, 0.5) is 0 Å². The highest BCUT2D eigenvalue weighted by atomic mass is 16.5. The first kappa shape index (κ1) is 24.3. The molecule has 1 atom stereocenters. The number of β-amino-alcohol motifs (C(OH)–C–C–N with tert-alkyl or cyclic N) is 1.